The normalized spacial score (nSPS) is 14.4. The van der Waals surface area contributed by atoms with E-state index >= 15 is 0 Å². The number of esters is 1. The summed E-state index contributed by atoms with van der Waals surface area (Å²) in [5.41, 5.74) is -1.01. The Morgan fingerprint density at radius 1 is 1.39 bits per heavy atom. The second kappa shape index (κ2) is 9.10. The Balaban J connectivity index is 2.76. The monoisotopic (exact) mass is 319 g/mol. The van der Waals surface area contributed by atoms with E-state index in [-0.39, 0.29) is 13.0 Å². The molecule has 5 nitrogen and oxygen atoms in total. The molecule has 0 bridgehead atoms. The summed E-state index contributed by atoms with van der Waals surface area (Å²) >= 11 is 0. The average Bonchev–Trinajstić information content (AvgIpc) is 2.56. The number of rotatable bonds is 9. The second-order valence-corrected chi connectivity index (χ2v) is 5.57. The van der Waals surface area contributed by atoms with Gasteiger partial charge >= 0.3 is 5.97 Å². The van der Waals surface area contributed by atoms with E-state index in [1.807, 2.05) is 37.3 Å². The molecule has 2 atom stereocenters. The second-order valence-electron chi connectivity index (χ2n) is 5.57. The van der Waals surface area contributed by atoms with Crippen molar-refractivity contribution < 1.29 is 19.4 Å². The van der Waals surface area contributed by atoms with Crippen LogP contribution in [-0.2, 0) is 20.9 Å². The number of hydrogen-bond acceptors (Lipinski definition) is 4. The Labute approximate surface area is 137 Å². The minimum absolute atomic E-state index is 0.0972. The minimum atomic E-state index is -1.85. The van der Waals surface area contributed by atoms with E-state index in [0.29, 0.717) is 6.54 Å². The number of allylic oxidation sites excluding steroid dienone is 1. The molecule has 0 aliphatic rings. The lowest BCUT2D eigenvalue weighted by atomic mass is 9.85. The Morgan fingerprint density at radius 3 is 2.61 bits per heavy atom. The van der Waals surface area contributed by atoms with Gasteiger partial charge in [-0.3, -0.25) is 9.59 Å². The van der Waals surface area contributed by atoms with Gasteiger partial charge in [0.05, 0.1) is 5.92 Å². The van der Waals surface area contributed by atoms with Crippen LogP contribution < -0.4 is 5.32 Å². The minimum Gasteiger partial charge on any atom is -0.460 e. The number of amides is 1. The van der Waals surface area contributed by atoms with Gasteiger partial charge in [0, 0.05) is 6.54 Å². The molecule has 126 valence electrons. The molecule has 1 aromatic rings. The Morgan fingerprint density at radius 2 is 2.04 bits per heavy atom. The molecule has 0 saturated carbocycles. The van der Waals surface area contributed by atoms with Crippen LogP contribution in [0.3, 0.4) is 0 Å². The Bertz CT molecular complexity index is 525. The third kappa shape index (κ3) is 5.53. The van der Waals surface area contributed by atoms with Crippen molar-refractivity contribution in [3.8, 4) is 0 Å². The summed E-state index contributed by atoms with van der Waals surface area (Å²) < 4.78 is 5.26. The highest BCUT2D eigenvalue weighted by molar-refractivity contribution is 5.90. The van der Waals surface area contributed by atoms with Gasteiger partial charge in [-0.25, -0.2) is 0 Å². The fourth-order valence-corrected chi connectivity index (χ4v) is 2.13. The zero-order chi connectivity index (χ0) is 17.3. The van der Waals surface area contributed by atoms with E-state index in [0.717, 1.165) is 12.0 Å². The first-order valence-corrected chi connectivity index (χ1v) is 7.75. The molecule has 5 heteroatoms. The van der Waals surface area contributed by atoms with Gasteiger partial charge in [-0.2, -0.15) is 0 Å². The zero-order valence-corrected chi connectivity index (χ0v) is 13.7. The van der Waals surface area contributed by atoms with Gasteiger partial charge < -0.3 is 15.2 Å². The fourth-order valence-electron chi connectivity index (χ4n) is 2.13. The lowest BCUT2D eigenvalue weighted by Crippen LogP contribution is -2.52. The van der Waals surface area contributed by atoms with E-state index in [1.165, 1.54) is 13.0 Å². The molecule has 0 aliphatic heterocycles. The number of carbonyl (C=O) groups excluding carboxylic acids is 2. The fraction of sp³-hybridized carbons (Fsp3) is 0.444. The number of hydrogen-bond donors (Lipinski definition) is 2. The Hall–Kier alpha value is -2.14. The number of nitrogens with one attached hydrogen (secondary N) is 1. The molecule has 0 aromatic heterocycles. The van der Waals surface area contributed by atoms with Crippen LogP contribution in [0.15, 0.2) is 43.0 Å². The van der Waals surface area contributed by atoms with Crippen molar-refractivity contribution in [2.45, 2.75) is 38.9 Å². The first kappa shape index (κ1) is 18.9. The van der Waals surface area contributed by atoms with E-state index in [4.69, 9.17) is 4.74 Å². The number of aliphatic hydroxyl groups is 1. The smallest absolute Gasteiger partial charge is 0.313 e. The van der Waals surface area contributed by atoms with Crippen LogP contribution in [0.2, 0.25) is 0 Å². The highest BCUT2D eigenvalue weighted by Gasteiger charge is 2.43. The van der Waals surface area contributed by atoms with Gasteiger partial charge in [0.15, 0.2) is 5.60 Å². The number of benzene rings is 1. The SMILES string of the molecule is C=CCC(C(=O)OCc1ccccc1)C(C)(O)C(=O)NCCC. The Kier molecular flexibility index (Phi) is 7.48. The highest BCUT2D eigenvalue weighted by atomic mass is 16.5. The number of ether oxygens (including phenoxy) is 1. The van der Waals surface area contributed by atoms with Crippen molar-refractivity contribution in [2.24, 2.45) is 5.92 Å². The molecular weight excluding hydrogens is 294 g/mol. The molecule has 1 rings (SSSR count). The summed E-state index contributed by atoms with van der Waals surface area (Å²) in [7, 11) is 0. The summed E-state index contributed by atoms with van der Waals surface area (Å²) in [6.07, 6.45) is 2.39. The van der Waals surface area contributed by atoms with Gasteiger partial charge in [-0.05, 0) is 25.3 Å². The van der Waals surface area contributed by atoms with E-state index in [9.17, 15) is 14.7 Å². The molecule has 0 fully saturated rings. The molecule has 0 heterocycles. The predicted molar refractivity (Wildman–Crippen MR) is 88.5 cm³/mol. The van der Waals surface area contributed by atoms with Crippen molar-refractivity contribution in [3.63, 3.8) is 0 Å². The molecule has 1 aromatic carbocycles. The van der Waals surface area contributed by atoms with Gasteiger partial charge in [0.1, 0.15) is 6.61 Å². The first-order chi connectivity index (χ1) is 10.9. The van der Waals surface area contributed by atoms with Crippen LogP contribution in [0.25, 0.3) is 0 Å². The maximum absolute atomic E-state index is 12.3. The summed E-state index contributed by atoms with van der Waals surface area (Å²) in [4.78, 5) is 24.4. The van der Waals surface area contributed by atoms with Crippen LogP contribution in [-0.4, -0.2) is 29.1 Å². The predicted octanol–water partition coefficient (Wildman–Crippen LogP) is 2.20. The van der Waals surface area contributed by atoms with E-state index in [1.54, 1.807) is 0 Å². The van der Waals surface area contributed by atoms with Crippen LogP contribution in [0.4, 0.5) is 0 Å². The van der Waals surface area contributed by atoms with Gasteiger partial charge in [0.2, 0.25) is 0 Å². The topological polar surface area (TPSA) is 75.6 Å². The third-order valence-electron chi connectivity index (χ3n) is 3.58. The van der Waals surface area contributed by atoms with Crippen LogP contribution >= 0.6 is 0 Å². The summed E-state index contributed by atoms with van der Waals surface area (Å²) in [5, 5.41) is 13.1. The lowest BCUT2D eigenvalue weighted by Gasteiger charge is -2.29. The van der Waals surface area contributed by atoms with E-state index in [2.05, 4.69) is 11.9 Å². The lowest BCUT2D eigenvalue weighted by molar-refractivity contribution is -0.165. The maximum Gasteiger partial charge on any atom is 0.313 e. The molecule has 0 saturated heterocycles. The van der Waals surface area contributed by atoms with Crippen molar-refractivity contribution in [3.05, 3.63) is 48.6 Å². The third-order valence-corrected chi connectivity index (χ3v) is 3.58. The summed E-state index contributed by atoms with van der Waals surface area (Å²) in [6, 6.07) is 9.23. The van der Waals surface area contributed by atoms with Crippen molar-refractivity contribution >= 4 is 11.9 Å². The molecule has 0 aliphatic carbocycles. The molecule has 2 unspecified atom stereocenters. The zero-order valence-electron chi connectivity index (χ0n) is 13.7. The van der Waals surface area contributed by atoms with Gasteiger partial charge in [-0.1, -0.05) is 43.3 Å². The molecule has 23 heavy (non-hydrogen) atoms. The maximum atomic E-state index is 12.3. The largest absolute Gasteiger partial charge is 0.460 e. The van der Waals surface area contributed by atoms with Crippen LogP contribution in [0.1, 0.15) is 32.3 Å². The molecule has 2 N–H and O–H groups in total. The van der Waals surface area contributed by atoms with Crippen LogP contribution in [0.5, 0.6) is 0 Å². The van der Waals surface area contributed by atoms with Crippen molar-refractivity contribution in [2.75, 3.05) is 6.54 Å². The standard InChI is InChI=1S/C18H25NO4/c1-4-9-15(18(3,22)17(21)19-12-5-2)16(20)23-13-14-10-7-6-8-11-14/h4,6-8,10-11,15,22H,1,5,9,12-13H2,2-3H3,(H,19,21). The summed E-state index contributed by atoms with van der Waals surface area (Å²) in [6.45, 7) is 7.36. The first-order valence-electron chi connectivity index (χ1n) is 7.75. The van der Waals surface area contributed by atoms with Crippen molar-refractivity contribution in [1.29, 1.82) is 0 Å². The van der Waals surface area contributed by atoms with Crippen molar-refractivity contribution in [1.82, 2.24) is 5.32 Å². The van der Waals surface area contributed by atoms with Crippen LogP contribution in [0, 0.1) is 5.92 Å². The molecule has 1 amide bonds. The quantitative estimate of drug-likeness (QED) is 0.540. The molecular formula is C18H25NO4. The number of carbonyl (C=O) groups is 2. The average molecular weight is 319 g/mol. The summed E-state index contributed by atoms with van der Waals surface area (Å²) in [5.74, 6) is -2.20. The highest BCUT2D eigenvalue weighted by Crippen LogP contribution is 2.24. The van der Waals surface area contributed by atoms with E-state index < -0.39 is 23.4 Å². The molecule has 0 spiro atoms. The molecule has 0 radical (unpaired) electrons. The van der Waals surface area contributed by atoms with Gasteiger partial charge in [-0.15, -0.1) is 6.58 Å². The van der Waals surface area contributed by atoms with Gasteiger partial charge in [0.25, 0.3) is 5.91 Å².